The van der Waals surface area contributed by atoms with Crippen molar-refractivity contribution < 1.29 is 13.5 Å². The van der Waals surface area contributed by atoms with E-state index in [4.69, 9.17) is 0 Å². The van der Waals surface area contributed by atoms with Crippen molar-refractivity contribution in [1.82, 2.24) is 0 Å². The van der Waals surface area contributed by atoms with Crippen molar-refractivity contribution in [2.75, 3.05) is 6.61 Å². The normalized spacial score (nSPS) is 14.4. The van der Waals surface area contributed by atoms with Gasteiger partial charge < -0.3 is 5.11 Å². The second-order valence-electron chi connectivity index (χ2n) is 8.41. The number of aryl methyl sites for hydroxylation is 1. The van der Waals surface area contributed by atoms with E-state index in [1.54, 1.807) is 25.1 Å². The zero-order chi connectivity index (χ0) is 21.4. The van der Waals surface area contributed by atoms with Crippen LogP contribution in [0.15, 0.2) is 52.5 Å². The molecule has 0 saturated carbocycles. The van der Waals surface area contributed by atoms with Crippen molar-refractivity contribution in [2.24, 2.45) is 0 Å². The molecular weight excluding hydrogens is 384 g/mol. The van der Waals surface area contributed by atoms with Crippen molar-refractivity contribution in [3.63, 3.8) is 0 Å². The Bertz CT molecular complexity index is 861. The van der Waals surface area contributed by atoms with Gasteiger partial charge in [0.05, 0.1) is 16.8 Å². The smallest absolute Gasteiger partial charge is 0.185 e. The van der Waals surface area contributed by atoms with Crippen LogP contribution in [0.2, 0.25) is 19.6 Å². The number of sulfone groups is 1. The average molecular weight is 419 g/mol. The molecule has 0 aliphatic heterocycles. The third-order valence-electron chi connectivity index (χ3n) is 4.22. The second-order valence-corrected chi connectivity index (χ2v) is 15.3. The van der Waals surface area contributed by atoms with Crippen LogP contribution in [0.25, 0.3) is 0 Å². The van der Waals surface area contributed by atoms with Crippen LogP contribution >= 0.6 is 0 Å². The van der Waals surface area contributed by atoms with Crippen LogP contribution < -0.4 is 0 Å². The third-order valence-corrected chi connectivity index (χ3v) is 7.17. The molecule has 1 aromatic rings. The molecular formula is C23H34O3SSi. The minimum atomic E-state index is -3.52. The van der Waals surface area contributed by atoms with Crippen molar-refractivity contribution in [2.45, 2.75) is 69.8 Å². The highest BCUT2D eigenvalue weighted by atomic mass is 32.2. The zero-order valence-corrected chi connectivity index (χ0v) is 19.9. The fourth-order valence-corrected chi connectivity index (χ4v) is 5.06. The van der Waals surface area contributed by atoms with Gasteiger partial charge in [-0.15, -0.1) is 11.5 Å². The minimum absolute atomic E-state index is 0.144. The number of aliphatic hydroxyl groups is 1. The largest absolute Gasteiger partial charge is 0.392 e. The van der Waals surface area contributed by atoms with Gasteiger partial charge >= 0.3 is 0 Å². The molecule has 0 amide bonds. The number of rotatable bonds is 8. The lowest BCUT2D eigenvalue weighted by atomic mass is 10.1. The van der Waals surface area contributed by atoms with E-state index < -0.39 is 23.2 Å². The zero-order valence-electron chi connectivity index (χ0n) is 18.0. The maximum Gasteiger partial charge on any atom is 0.185 e. The van der Waals surface area contributed by atoms with Gasteiger partial charge in [-0.2, -0.15) is 0 Å². The fourth-order valence-electron chi connectivity index (χ4n) is 2.65. The van der Waals surface area contributed by atoms with Gasteiger partial charge in [-0.25, -0.2) is 8.42 Å². The summed E-state index contributed by atoms with van der Waals surface area (Å²) in [7, 11) is -4.87. The van der Waals surface area contributed by atoms with Crippen LogP contribution in [-0.4, -0.2) is 33.5 Å². The highest BCUT2D eigenvalue weighted by molar-refractivity contribution is 7.92. The molecule has 1 unspecified atom stereocenters. The van der Waals surface area contributed by atoms with Crippen molar-refractivity contribution in [3.05, 3.63) is 53.1 Å². The number of unbranched alkanes of at least 4 members (excludes halogenated alkanes) is 1. The lowest BCUT2D eigenvalue weighted by Gasteiger charge is -2.16. The lowest BCUT2D eigenvalue weighted by molar-refractivity contribution is 0.331. The molecule has 0 aromatic heterocycles. The third kappa shape index (κ3) is 8.60. The summed E-state index contributed by atoms with van der Waals surface area (Å²) in [5.41, 5.74) is 6.06. The van der Waals surface area contributed by atoms with Gasteiger partial charge in [-0.05, 0) is 45.7 Å². The Morgan fingerprint density at radius 2 is 1.75 bits per heavy atom. The predicted molar refractivity (Wildman–Crippen MR) is 122 cm³/mol. The van der Waals surface area contributed by atoms with Gasteiger partial charge in [0, 0.05) is 6.42 Å². The Morgan fingerprint density at radius 3 is 2.29 bits per heavy atom. The van der Waals surface area contributed by atoms with Crippen LogP contribution in [0.1, 0.15) is 38.7 Å². The van der Waals surface area contributed by atoms with Crippen LogP contribution in [0.3, 0.4) is 0 Å². The van der Waals surface area contributed by atoms with Gasteiger partial charge in [0.25, 0.3) is 0 Å². The highest BCUT2D eigenvalue weighted by Gasteiger charge is 2.26. The Labute approximate surface area is 172 Å². The van der Waals surface area contributed by atoms with E-state index in [2.05, 4.69) is 37.2 Å². The van der Waals surface area contributed by atoms with Crippen molar-refractivity contribution in [3.8, 4) is 11.5 Å². The summed E-state index contributed by atoms with van der Waals surface area (Å²) in [6.45, 7) is 12.2. The number of allylic oxidation sites excluding steroid dienone is 2. The Kier molecular flexibility index (Phi) is 9.42. The molecule has 154 valence electrons. The maximum atomic E-state index is 13.1. The minimum Gasteiger partial charge on any atom is -0.392 e. The molecule has 0 fully saturated rings. The van der Waals surface area contributed by atoms with Crippen LogP contribution in [-0.2, 0) is 9.84 Å². The first-order chi connectivity index (χ1) is 13.0. The summed E-state index contributed by atoms with van der Waals surface area (Å²) < 4.78 is 26.3. The molecule has 1 rings (SSSR count). The molecule has 3 nitrogen and oxygen atoms in total. The summed E-state index contributed by atoms with van der Waals surface area (Å²) in [6.07, 6.45) is 5.79. The Morgan fingerprint density at radius 1 is 1.14 bits per heavy atom. The fraction of sp³-hybridized carbons (Fsp3) is 0.478. The molecule has 28 heavy (non-hydrogen) atoms. The van der Waals surface area contributed by atoms with Gasteiger partial charge in [0.15, 0.2) is 9.84 Å². The molecule has 0 heterocycles. The Hall–Kier alpha value is -1.61. The summed E-state index contributed by atoms with van der Waals surface area (Å²) >= 11 is 0. The number of benzene rings is 1. The molecule has 0 aliphatic carbocycles. The molecule has 5 heteroatoms. The maximum absolute atomic E-state index is 13.1. The first-order valence-electron chi connectivity index (χ1n) is 9.70. The number of hydrogen-bond donors (Lipinski definition) is 1. The summed E-state index contributed by atoms with van der Waals surface area (Å²) in [5, 5.41) is 8.68. The van der Waals surface area contributed by atoms with Gasteiger partial charge in [-0.1, -0.05) is 60.6 Å². The molecule has 1 aromatic carbocycles. The van der Waals surface area contributed by atoms with Crippen molar-refractivity contribution >= 4 is 17.9 Å². The topological polar surface area (TPSA) is 54.4 Å². The summed E-state index contributed by atoms with van der Waals surface area (Å²) in [5.74, 6) is 3.24. The van der Waals surface area contributed by atoms with Gasteiger partial charge in [0.2, 0.25) is 0 Å². The van der Waals surface area contributed by atoms with Crippen molar-refractivity contribution in [1.29, 1.82) is 0 Å². The predicted octanol–water partition coefficient (Wildman–Crippen LogP) is 5.07. The van der Waals surface area contributed by atoms with Gasteiger partial charge in [0.1, 0.15) is 8.07 Å². The van der Waals surface area contributed by atoms with E-state index in [-0.39, 0.29) is 6.61 Å². The Balaban J connectivity index is 3.00. The molecule has 0 spiro atoms. The molecule has 0 radical (unpaired) electrons. The molecule has 0 bridgehead atoms. The first kappa shape index (κ1) is 24.4. The standard InChI is InChI=1S/C23H34O3SSi/c1-19-11-13-22(14-12-19)27(25,26)23(17-21(3)18-24)16-20(2)10-8-7-9-15-28(4,5)6/h10-14,17,23-24H,7-8,16,18H2,1-6H3/b20-10+,21-17+. The van der Waals surface area contributed by atoms with E-state index in [0.717, 1.165) is 24.0 Å². The number of hydrogen-bond acceptors (Lipinski definition) is 3. The van der Waals surface area contributed by atoms with Crippen LogP contribution in [0.4, 0.5) is 0 Å². The summed E-state index contributed by atoms with van der Waals surface area (Å²) in [6, 6.07) is 6.94. The molecule has 1 atom stereocenters. The first-order valence-corrected chi connectivity index (χ1v) is 14.7. The van der Waals surface area contributed by atoms with E-state index in [1.807, 2.05) is 26.0 Å². The van der Waals surface area contributed by atoms with Crippen LogP contribution in [0.5, 0.6) is 0 Å². The number of aliphatic hydroxyl groups excluding tert-OH is 1. The lowest BCUT2D eigenvalue weighted by Crippen LogP contribution is -2.20. The van der Waals surface area contributed by atoms with E-state index in [0.29, 0.717) is 16.9 Å². The monoisotopic (exact) mass is 418 g/mol. The van der Waals surface area contributed by atoms with E-state index in [9.17, 15) is 13.5 Å². The van der Waals surface area contributed by atoms with Crippen LogP contribution in [0, 0.1) is 18.4 Å². The molecule has 0 aliphatic rings. The van der Waals surface area contributed by atoms with E-state index >= 15 is 0 Å². The van der Waals surface area contributed by atoms with E-state index in [1.165, 1.54) is 0 Å². The quantitative estimate of drug-likeness (QED) is 0.277. The van der Waals surface area contributed by atoms with Gasteiger partial charge in [-0.3, -0.25) is 0 Å². The summed E-state index contributed by atoms with van der Waals surface area (Å²) in [4.78, 5) is 0.318. The molecule has 0 saturated heterocycles. The highest BCUT2D eigenvalue weighted by Crippen LogP contribution is 2.24. The average Bonchev–Trinajstić information content (AvgIpc) is 2.60. The molecule has 1 N–H and O–H groups in total. The second kappa shape index (κ2) is 10.8. The SMILES string of the molecule is C/C(=C\C(C/C(C)=C/CCC#C[Si](C)(C)C)S(=O)(=O)c1ccc(C)cc1)CO.